The number of hydrogen-bond acceptors (Lipinski definition) is 3. The number of amides is 1. The van der Waals surface area contributed by atoms with Crippen molar-refractivity contribution >= 4 is 29.1 Å². The first-order chi connectivity index (χ1) is 12.5. The Labute approximate surface area is 155 Å². The van der Waals surface area contributed by atoms with E-state index in [9.17, 15) is 14.7 Å². The molecule has 0 aliphatic carbocycles. The maximum absolute atomic E-state index is 12.8. The Bertz CT molecular complexity index is 953. The highest BCUT2D eigenvalue weighted by molar-refractivity contribution is 6.30. The van der Waals surface area contributed by atoms with Gasteiger partial charge in [0.15, 0.2) is 0 Å². The lowest BCUT2D eigenvalue weighted by Gasteiger charge is -2.15. The molecule has 0 bridgehead atoms. The van der Waals surface area contributed by atoms with Crippen molar-refractivity contribution in [2.75, 3.05) is 0 Å². The van der Waals surface area contributed by atoms with E-state index in [1.807, 2.05) is 37.3 Å². The third-order valence-corrected chi connectivity index (χ3v) is 4.31. The van der Waals surface area contributed by atoms with Crippen LogP contribution in [0, 0.1) is 0 Å². The molecule has 0 aliphatic rings. The van der Waals surface area contributed by atoms with Crippen LogP contribution in [-0.4, -0.2) is 32.4 Å². The van der Waals surface area contributed by atoms with Gasteiger partial charge < -0.3 is 10.4 Å². The maximum Gasteiger partial charge on any atom is 0.326 e. The molecule has 0 saturated carbocycles. The molecule has 0 spiro atoms. The number of rotatable bonds is 6. The zero-order chi connectivity index (χ0) is 18.7. The van der Waals surface area contributed by atoms with Crippen molar-refractivity contribution in [2.45, 2.75) is 25.8 Å². The number of nitrogens with zero attached hydrogens (tertiary/aromatic N) is 2. The van der Waals surface area contributed by atoms with Crippen molar-refractivity contribution in [3.05, 3.63) is 70.6 Å². The summed E-state index contributed by atoms with van der Waals surface area (Å²) in [6, 6.07) is 11.5. The van der Waals surface area contributed by atoms with Gasteiger partial charge in [0.05, 0.1) is 10.7 Å². The zero-order valence-electron chi connectivity index (χ0n) is 14.1. The Hall–Kier alpha value is -2.86. The summed E-state index contributed by atoms with van der Waals surface area (Å²) < 4.78 is 1.60. The van der Waals surface area contributed by atoms with Gasteiger partial charge in [-0.1, -0.05) is 48.9 Å². The number of hydrogen-bond donors (Lipinski definition) is 2. The van der Waals surface area contributed by atoms with Crippen molar-refractivity contribution in [3.63, 3.8) is 0 Å². The van der Waals surface area contributed by atoms with E-state index in [-0.39, 0.29) is 6.42 Å². The monoisotopic (exact) mass is 371 g/mol. The van der Waals surface area contributed by atoms with Crippen molar-refractivity contribution in [2.24, 2.45) is 0 Å². The van der Waals surface area contributed by atoms with E-state index in [0.29, 0.717) is 28.5 Å². The summed E-state index contributed by atoms with van der Waals surface area (Å²) in [5.74, 6) is -1.58. The summed E-state index contributed by atoms with van der Waals surface area (Å²) >= 11 is 6.04. The van der Waals surface area contributed by atoms with Crippen LogP contribution in [0.5, 0.6) is 0 Å². The number of carbonyl (C=O) groups excluding carboxylic acids is 1. The molecule has 0 saturated heterocycles. The number of aromatic nitrogens is 2. The van der Waals surface area contributed by atoms with Gasteiger partial charge in [-0.25, -0.2) is 9.78 Å². The number of aliphatic carboxylic acids is 1. The number of benzene rings is 1. The third-order valence-electron chi connectivity index (χ3n) is 4.09. The highest BCUT2D eigenvalue weighted by Crippen LogP contribution is 2.18. The van der Waals surface area contributed by atoms with E-state index in [4.69, 9.17) is 11.6 Å². The van der Waals surface area contributed by atoms with Gasteiger partial charge in [0, 0.05) is 12.6 Å². The first-order valence-electron chi connectivity index (χ1n) is 8.23. The molecule has 2 N–H and O–H groups in total. The highest BCUT2D eigenvalue weighted by Gasteiger charge is 2.25. The molecule has 7 heteroatoms. The minimum Gasteiger partial charge on any atom is -0.480 e. The normalized spacial score (nSPS) is 12.1. The van der Waals surface area contributed by atoms with Gasteiger partial charge in [-0.05, 0) is 24.1 Å². The molecule has 2 aromatic heterocycles. The van der Waals surface area contributed by atoms with E-state index in [1.165, 1.54) is 0 Å². The van der Waals surface area contributed by atoms with Crippen LogP contribution in [0.3, 0.4) is 0 Å². The van der Waals surface area contributed by atoms with E-state index in [0.717, 1.165) is 5.56 Å². The fourth-order valence-corrected chi connectivity index (χ4v) is 2.99. The predicted molar refractivity (Wildman–Crippen MR) is 98.6 cm³/mol. The topological polar surface area (TPSA) is 83.7 Å². The second kappa shape index (κ2) is 7.58. The standard InChI is InChI=1S/C19H18ClN3O3/c1-2-14-17(23-11-13(20)8-9-16(23)21-14)18(24)22-15(19(25)26)10-12-6-4-3-5-7-12/h3-9,11,15H,2,10H2,1H3,(H,22,24)(H,25,26)/t15-/m1/s1. The van der Waals surface area contributed by atoms with Crippen LogP contribution < -0.4 is 5.32 Å². The largest absolute Gasteiger partial charge is 0.480 e. The van der Waals surface area contributed by atoms with Crippen molar-refractivity contribution < 1.29 is 14.7 Å². The van der Waals surface area contributed by atoms with Gasteiger partial charge in [0.1, 0.15) is 17.4 Å². The Morgan fingerprint density at radius 3 is 2.62 bits per heavy atom. The predicted octanol–water partition coefficient (Wildman–Crippen LogP) is 2.98. The lowest BCUT2D eigenvalue weighted by molar-refractivity contribution is -0.139. The third kappa shape index (κ3) is 3.70. The molecule has 26 heavy (non-hydrogen) atoms. The fourth-order valence-electron chi connectivity index (χ4n) is 2.83. The lowest BCUT2D eigenvalue weighted by Crippen LogP contribution is -2.43. The van der Waals surface area contributed by atoms with E-state index in [2.05, 4.69) is 10.3 Å². The second-order valence-electron chi connectivity index (χ2n) is 5.89. The van der Waals surface area contributed by atoms with Gasteiger partial charge in [0.25, 0.3) is 5.91 Å². The molecule has 0 aliphatic heterocycles. The minimum atomic E-state index is -1.09. The van der Waals surface area contributed by atoms with Gasteiger partial charge in [-0.3, -0.25) is 9.20 Å². The van der Waals surface area contributed by atoms with E-state index >= 15 is 0 Å². The number of imidazole rings is 1. The molecule has 2 heterocycles. The molecule has 3 aromatic rings. The first-order valence-corrected chi connectivity index (χ1v) is 8.61. The molecule has 0 unspecified atom stereocenters. The van der Waals surface area contributed by atoms with Crippen LogP contribution in [0.1, 0.15) is 28.7 Å². The summed E-state index contributed by atoms with van der Waals surface area (Å²) in [6.07, 6.45) is 2.34. The number of carbonyl (C=O) groups is 2. The SMILES string of the molecule is CCc1nc2ccc(Cl)cn2c1C(=O)N[C@H](Cc1ccccc1)C(=O)O. The molecule has 6 nitrogen and oxygen atoms in total. The molecular formula is C19H18ClN3O3. The van der Waals surface area contributed by atoms with Crippen LogP contribution in [0.2, 0.25) is 5.02 Å². The van der Waals surface area contributed by atoms with Crippen LogP contribution in [0.15, 0.2) is 48.7 Å². The molecule has 3 rings (SSSR count). The minimum absolute atomic E-state index is 0.195. The Morgan fingerprint density at radius 1 is 1.23 bits per heavy atom. The molecule has 1 aromatic carbocycles. The molecule has 1 atom stereocenters. The van der Waals surface area contributed by atoms with Crippen LogP contribution in [0.25, 0.3) is 5.65 Å². The van der Waals surface area contributed by atoms with Crippen molar-refractivity contribution in [1.82, 2.24) is 14.7 Å². The van der Waals surface area contributed by atoms with Crippen LogP contribution in [0.4, 0.5) is 0 Å². The summed E-state index contributed by atoms with van der Waals surface area (Å²) in [5.41, 5.74) is 2.32. The molecule has 1 amide bonds. The van der Waals surface area contributed by atoms with Crippen molar-refractivity contribution in [1.29, 1.82) is 0 Å². The molecule has 0 radical (unpaired) electrons. The number of fused-ring (bicyclic) bond motifs is 1. The van der Waals surface area contributed by atoms with E-state index < -0.39 is 17.9 Å². The van der Waals surface area contributed by atoms with Gasteiger partial charge >= 0.3 is 5.97 Å². The Morgan fingerprint density at radius 2 is 1.96 bits per heavy atom. The maximum atomic E-state index is 12.8. The Kier molecular flexibility index (Phi) is 5.23. The Balaban J connectivity index is 1.91. The molecular weight excluding hydrogens is 354 g/mol. The second-order valence-corrected chi connectivity index (χ2v) is 6.33. The number of carboxylic acids is 1. The average molecular weight is 372 g/mol. The number of pyridine rings is 1. The summed E-state index contributed by atoms with van der Waals surface area (Å²) in [6.45, 7) is 1.89. The quantitative estimate of drug-likeness (QED) is 0.697. The smallest absolute Gasteiger partial charge is 0.326 e. The lowest BCUT2D eigenvalue weighted by atomic mass is 10.1. The zero-order valence-corrected chi connectivity index (χ0v) is 14.9. The number of carboxylic acid groups (broad SMARTS) is 1. The van der Waals surface area contributed by atoms with Crippen LogP contribution >= 0.6 is 11.6 Å². The summed E-state index contributed by atoms with van der Waals surface area (Å²) in [7, 11) is 0. The number of halogens is 1. The summed E-state index contributed by atoms with van der Waals surface area (Å²) in [4.78, 5) is 28.9. The molecule has 134 valence electrons. The first kappa shape index (κ1) is 17.9. The summed E-state index contributed by atoms with van der Waals surface area (Å²) in [5, 5.41) is 12.6. The number of nitrogens with one attached hydrogen (secondary N) is 1. The molecule has 0 fully saturated rings. The van der Waals surface area contributed by atoms with Gasteiger partial charge in [0.2, 0.25) is 0 Å². The van der Waals surface area contributed by atoms with E-state index in [1.54, 1.807) is 22.7 Å². The van der Waals surface area contributed by atoms with Gasteiger partial charge in [-0.2, -0.15) is 0 Å². The average Bonchev–Trinajstić information content (AvgIpc) is 2.99. The fraction of sp³-hybridized carbons (Fsp3) is 0.211. The van der Waals surface area contributed by atoms with Crippen LogP contribution in [-0.2, 0) is 17.6 Å². The highest BCUT2D eigenvalue weighted by atomic mass is 35.5. The van der Waals surface area contributed by atoms with Crippen molar-refractivity contribution in [3.8, 4) is 0 Å². The number of aryl methyl sites for hydroxylation is 1. The van der Waals surface area contributed by atoms with Gasteiger partial charge in [-0.15, -0.1) is 0 Å².